The molecule has 2 N–H and O–H groups in total. The van der Waals surface area contributed by atoms with Gasteiger partial charge in [0, 0.05) is 12.2 Å². The number of nitrogens with one attached hydrogen (secondary N) is 2. The lowest BCUT2D eigenvalue weighted by Gasteiger charge is -2.13. The van der Waals surface area contributed by atoms with Crippen molar-refractivity contribution in [1.82, 2.24) is 9.71 Å². The van der Waals surface area contributed by atoms with Gasteiger partial charge in [-0.05, 0) is 43.3 Å². The molecular weight excluding hydrogens is 414 g/mol. The van der Waals surface area contributed by atoms with Crippen molar-refractivity contribution < 1.29 is 22.7 Å². The molecule has 1 saturated carbocycles. The highest BCUT2D eigenvalue weighted by Gasteiger charge is 2.32. The number of aromatic nitrogens is 1. The Morgan fingerprint density at radius 2 is 2.07 bits per heavy atom. The SMILES string of the molecule is CC(OC(=O)c1sccc1S(=O)(=O)NC1CC1)C(=O)Nc1ccc(Cl)cn1. The Labute approximate surface area is 164 Å². The second-order valence-corrected chi connectivity index (χ2v) is 8.94. The molecule has 27 heavy (non-hydrogen) atoms. The molecule has 2 aromatic heterocycles. The van der Waals surface area contributed by atoms with Gasteiger partial charge in [-0.25, -0.2) is 22.9 Å². The molecule has 0 radical (unpaired) electrons. The van der Waals surface area contributed by atoms with E-state index in [2.05, 4.69) is 15.0 Å². The van der Waals surface area contributed by atoms with Crippen LogP contribution in [0.25, 0.3) is 0 Å². The van der Waals surface area contributed by atoms with E-state index >= 15 is 0 Å². The molecule has 0 bridgehead atoms. The van der Waals surface area contributed by atoms with Crippen LogP contribution in [0.2, 0.25) is 5.02 Å². The van der Waals surface area contributed by atoms with Gasteiger partial charge in [0.1, 0.15) is 15.6 Å². The minimum Gasteiger partial charge on any atom is -0.448 e. The molecule has 1 atom stereocenters. The molecule has 1 amide bonds. The lowest BCUT2D eigenvalue weighted by atomic mass is 10.3. The van der Waals surface area contributed by atoms with Gasteiger partial charge in [0.15, 0.2) is 6.10 Å². The van der Waals surface area contributed by atoms with Crippen LogP contribution in [0.4, 0.5) is 5.82 Å². The summed E-state index contributed by atoms with van der Waals surface area (Å²) >= 11 is 6.66. The summed E-state index contributed by atoms with van der Waals surface area (Å²) in [6.07, 6.45) is 1.77. The Kier molecular flexibility index (Phi) is 5.80. The maximum atomic E-state index is 12.4. The molecule has 1 aliphatic carbocycles. The number of pyridine rings is 1. The summed E-state index contributed by atoms with van der Waals surface area (Å²) in [4.78, 5) is 28.2. The maximum absolute atomic E-state index is 12.4. The van der Waals surface area contributed by atoms with Gasteiger partial charge < -0.3 is 10.1 Å². The normalized spacial score (nSPS) is 15.2. The zero-order valence-electron chi connectivity index (χ0n) is 14.1. The van der Waals surface area contributed by atoms with Crippen molar-refractivity contribution >= 4 is 50.7 Å². The van der Waals surface area contributed by atoms with E-state index in [1.54, 1.807) is 6.07 Å². The van der Waals surface area contributed by atoms with Gasteiger partial charge in [0.25, 0.3) is 5.91 Å². The van der Waals surface area contributed by atoms with Gasteiger partial charge in [-0.1, -0.05) is 11.6 Å². The van der Waals surface area contributed by atoms with Crippen LogP contribution in [-0.2, 0) is 19.6 Å². The van der Waals surface area contributed by atoms with Gasteiger partial charge in [0.05, 0.1) is 5.02 Å². The van der Waals surface area contributed by atoms with E-state index in [-0.39, 0.29) is 21.6 Å². The maximum Gasteiger partial charge on any atom is 0.350 e. The highest BCUT2D eigenvalue weighted by molar-refractivity contribution is 7.89. The van der Waals surface area contributed by atoms with Crippen LogP contribution in [0.5, 0.6) is 0 Å². The summed E-state index contributed by atoms with van der Waals surface area (Å²) in [6, 6.07) is 4.31. The van der Waals surface area contributed by atoms with Gasteiger partial charge in [-0.3, -0.25) is 4.79 Å². The average molecular weight is 430 g/mol. The molecule has 144 valence electrons. The van der Waals surface area contributed by atoms with Crippen LogP contribution >= 0.6 is 22.9 Å². The molecule has 2 heterocycles. The first-order valence-corrected chi connectivity index (χ1v) is 10.7. The lowest BCUT2D eigenvalue weighted by Crippen LogP contribution is -2.31. The van der Waals surface area contributed by atoms with Crippen molar-refractivity contribution in [3.05, 3.63) is 39.7 Å². The fourth-order valence-electron chi connectivity index (χ4n) is 2.09. The van der Waals surface area contributed by atoms with Crippen molar-refractivity contribution in [2.24, 2.45) is 0 Å². The van der Waals surface area contributed by atoms with Crippen molar-refractivity contribution in [3.8, 4) is 0 Å². The summed E-state index contributed by atoms with van der Waals surface area (Å²) in [6.45, 7) is 1.38. The molecule has 1 unspecified atom stereocenters. The molecular formula is C16H16ClN3O5S2. The number of hydrogen-bond acceptors (Lipinski definition) is 7. The van der Waals surface area contributed by atoms with Crippen molar-refractivity contribution in [3.63, 3.8) is 0 Å². The smallest absolute Gasteiger partial charge is 0.350 e. The van der Waals surface area contributed by atoms with E-state index < -0.39 is 28.0 Å². The summed E-state index contributed by atoms with van der Waals surface area (Å²) < 4.78 is 32.3. The quantitative estimate of drug-likeness (QED) is 0.653. The minimum absolute atomic E-state index is 0.0765. The Balaban J connectivity index is 1.65. The van der Waals surface area contributed by atoms with Crippen LogP contribution in [0, 0.1) is 0 Å². The van der Waals surface area contributed by atoms with E-state index in [9.17, 15) is 18.0 Å². The predicted molar refractivity (Wildman–Crippen MR) is 100 cm³/mol. The number of amides is 1. The topological polar surface area (TPSA) is 114 Å². The standard InChI is InChI=1S/C16H16ClN3O5S2/c1-9(15(21)19-13-5-2-10(17)8-18-13)25-16(22)14-12(6-7-26-14)27(23,24)20-11-3-4-11/h2,5-9,11,20H,3-4H2,1H3,(H,18,19,21). The number of ether oxygens (including phenoxy) is 1. The number of halogens is 1. The zero-order chi connectivity index (χ0) is 19.6. The fourth-order valence-corrected chi connectivity index (χ4v) is 4.80. The van der Waals surface area contributed by atoms with Crippen molar-refractivity contribution in [2.75, 3.05) is 5.32 Å². The van der Waals surface area contributed by atoms with Crippen LogP contribution < -0.4 is 10.0 Å². The lowest BCUT2D eigenvalue weighted by molar-refractivity contribution is -0.123. The molecule has 0 aliphatic heterocycles. The molecule has 0 spiro atoms. The Bertz CT molecular complexity index is 955. The first-order chi connectivity index (χ1) is 12.8. The zero-order valence-corrected chi connectivity index (χ0v) is 16.5. The van der Waals surface area contributed by atoms with Crippen LogP contribution in [0.15, 0.2) is 34.7 Å². The molecule has 1 fully saturated rings. The Hall–Kier alpha value is -2.01. The van der Waals surface area contributed by atoms with Crippen molar-refractivity contribution in [1.29, 1.82) is 0 Å². The van der Waals surface area contributed by atoms with E-state index in [0.717, 1.165) is 24.2 Å². The summed E-state index contributed by atoms with van der Waals surface area (Å²) in [7, 11) is -3.80. The first-order valence-electron chi connectivity index (χ1n) is 7.99. The number of hydrogen-bond donors (Lipinski definition) is 2. The van der Waals surface area contributed by atoms with Gasteiger partial charge in [0.2, 0.25) is 10.0 Å². The molecule has 8 nitrogen and oxygen atoms in total. The number of thiophene rings is 1. The average Bonchev–Trinajstić information content (AvgIpc) is 3.25. The number of sulfonamides is 1. The fraction of sp³-hybridized carbons (Fsp3) is 0.312. The number of nitrogens with zero attached hydrogens (tertiary/aromatic N) is 1. The number of anilines is 1. The minimum atomic E-state index is -3.80. The number of carbonyl (C=O) groups excluding carboxylic acids is 2. The van der Waals surface area contributed by atoms with Gasteiger partial charge >= 0.3 is 5.97 Å². The third-order valence-electron chi connectivity index (χ3n) is 3.63. The molecule has 1 aliphatic rings. The van der Waals surface area contributed by atoms with Crippen LogP contribution in [0.1, 0.15) is 29.4 Å². The number of esters is 1. The second-order valence-electron chi connectivity index (χ2n) is 5.91. The largest absolute Gasteiger partial charge is 0.448 e. The summed E-state index contributed by atoms with van der Waals surface area (Å²) in [5.41, 5.74) is 0. The van der Waals surface area contributed by atoms with Gasteiger partial charge in [-0.15, -0.1) is 11.3 Å². The summed E-state index contributed by atoms with van der Waals surface area (Å²) in [5.74, 6) is -1.23. The number of carbonyl (C=O) groups is 2. The Morgan fingerprint density at radius 3 is 2.70 bits per heavy atom. The van der Waals surface area contributed by atoms with E-state index in [0.29, 0.717) is 5.02 Å². The van der Waals surface area contributed by atoms with Crippen molar-refractivity contribution in [2.45, 2.75) is 36.8 Å². The third kappa shape index (κ3) is 5.04. The van der Waals surface area contributed by atoms with Crippen LogP contribution in [-0.4, -0.2) is 37.4 Å². The highest BCUT2D eigenvalue weighted by atomic mass is 35.5. The second kappa shape index (κ2) is 7.93. The monoisotopic (exact) mass is 429 g/mol. The molecule has 0 saturated heterocycles. The molecule has 11 heteroatoms. The van der Waals surface area contributed by atoms with Gasteiger partial charge in [-0.2, -0.15) is 0 Å². The van der Waals surface area contributed by atoms with E-state index in [4.69, 9.17) is 16.3 Å². The van der Waals surface area contributed by atoms with E-state index in [1.165, 1.54) is 30.6 Å². The number of rotatable bonds is 7. The van der Waals surface area contributed by atoms with Crippen LogP contribution in [0.3, 0.4) is 0 Å². The Morgan fingerprint density at radius 1 is 1.33 bits per heavy atom. The summed E-state index contributed by atoms with van der Waals surface area (Å²) in [5, 5.41) is 4.39. The molecule has 2 aromatic rings. The molecule has 0 aromatic carbocycles. The first kappa shape index (κ1) is 19.7. The molecule has 3 rings (SSSR count). The van der Waals surface area contributed by atoms with E-state index in [1.807, 2.05) is 0 Å². The predicted octanol–water partition coefficient (Wildman–Crippen LogP) is 2.42. The third-order valence-corrected chi connectivity index (χ3v) is 6.44. The highest BCUT2D eigenvalue weighted by Crippen LogP contribution is 2.27.